The molecule has 2 heterocycles. The first-order valence-corrected chi connectivity index (χ1v) is 7.02. The maximum absolute atomic E-state index is 11.7. The predicted octanol–water partition coefficient (Wildman–Crippen LogP) is 0.451. The highest BCUT2D eigenvalue weighted by Crippen LogP contribution is 2.15. The second kappa shape index (κ2) is 7.31. The molecule has 1 aliphatic rings. The van der Waals surface area contributed by atoms with Gasteiger partial charge in [0.15, 0.2) is 0 Å². The minimum atomic E-state index is 0.0359. The first-order chi connectivity index (χ1) is 9.29. The van der Waals surface area contributed by atoms with Crippen molar-refractivity contribution >= 4 is 5.91 Å². The Morgan fingerprint density at radius 3 is 2.84 bits per heavy atom. The van der Waals surface area contributed by atoms with E-state index in [9.17, 15) is 9.90 Å². The maximum Gasteiger partial charge on any atom is 0.239 e. The SMILES string of the molecule is O=C(Cn1cccc1)NCCN1CCCC[C@H]1CO. The van der Waals surface area contributed by atoms with Crippen LogP contribution in [0.25, 0.3) is 0 Å². The van der Waals surface area contributed by atoms with Gasteiger partial charge in [0, 0.05) is 31.5 Å². The molecule has 0 bridgehead atoms. The van der Waals surface area contributed by atoms with Crippen LogP contribution in [0.5, 0.6) is 0 Å². The molecule has 19 heavy (non-hydrogen) atoms. The lowest BCUT2D eigenvalue weighted by atomic mass is 10.0. The molecule has 5 nitrogen and oxygen atoms in total. The van der Waals surface area contributed by atoms with Gasteiger partial charge in [0.05, 0.1) is 6.61 Å². The number of piperidine rings is 1. The van der Waals surface area contributed by atoms with Crippen molar-refractivity contribution in [2.45, 2.75) is 31.8 Å². The van der Waals surface area contributed by atoms with Crippen molar-refractivity contribution in [2.24, 2.45) is 0 Å². The monoisotopic (exact) mass is 265 g/mol. The zero-order chi connectivity index (χ0) is 13.5. The van der Waals surface area contributed by atoms with Crippen molar-refractivity contribution in [3.8, 4) is 0 Å². The van der Waals surface area contributed by atoms with E-state index in [0.29, 0.717) is 13.1 Å². The van der Waals surface area contributed by atoms with Gasteiger partial charge in [0.2, 0.25) is 5.91 Å². The van der Waals surface area contributed by atoms with E-state index in [1.807, 2.05) is 29.1 Å². The summed E-state index contributed by atoms with van der Waals surface area (Å²) in [5.41, 5.74) is 0. The summed E-state index contributed by atoms with van der Waals surface area (Å²) < 4.78 is 1.85. The van der Waals surface area contributed by atoms with Crippen LogP contribution < -0.4 is 5.32 Å². The summed E-state index contributed by atoms with van der Waals surface area (Å²) in [6.07, 6.45) is 7.21. The molecule has 1 aliphatic heterocycles. The Balaban J connectivity index is 1.66. The lowest BCUT2D eigenvalue weighted by Crippen LogP contribution is -2.45. The quantitative estimate of drug-likeness (QED) is 0.785. The van der Waals surface area contributed by atoms with Crippen molar-refractivity contribution in [2.75, 3.05) is 26.2 Å². The van der Waals surface area contributed by atoms with Gasteiger partial charge in [0.1, 0.15) is 6.54 Å². The number of rotatable bonds is 6. The van der Waals surface area contributed by atoms with Gasteiger partial charge in [-0.3, -0.25) is 9.69 Å². The minimum Gasteiger partial charge on any atom is -0.395 e. The molecule has 2 rings (SSSR count). The first kappa shape index (κ1) is 14.1. The van der Waals surface area contributed by atoms with Crippen LogP contribution in [-0.4, -0.2) is 52.8 Å². The van der Waals surface area contributed by atoms with Crippen molar-refractivity contribution in [3.63, 3.8) is 0 Å². The number of nitrogens with one attached hydrogen (secondary N) is 1. The zero-order valence-electron chi connectivity index (χ0n) is 11.3. The smallest absolute Gasteiger partial charge is 0.239 e. The molecule has 0 unspecified atom stereocenters. The highest BCUT2D eigenvalue weighted by atomic mass is 16.3. The van der Waals surface area contributed by atoms with Crippen LogP contribution in [0.15, 0.2) is 24.5 Å². The molecule has 1 saturated heterocycles. The Labute approximate surface area is 114 Å². The van der Waals surface area contributed by atoms with Gasteiger partial charge in [-0.25, -0.2) is 0 Å². The van der Waals surface area contributed by atoms with Crippen molar-refractivity contribution in [3.05, 3.63) is 24.5 Å². The lowest BCUT2D eigenvalue weighted by molar-refractivity contribution is -0.121. The molecule has 0 radical (unpaired) electrons. The van der Waals surface area contributed by atoms with Gasteiger partial charge in [-0.05, 0) is 31.5 Å². The van der Waals surface area contributed by atoms with Crippen molar-refractivity contribution < 1.29 is 9.90 Å². The van der Waals surface area contributed by atoms with E-state index in [1.165, 1.54) is 12.8 Å². The second-order valence-electron chi connectivity index (χ2n) is 5.07. The number of carbonyl (C=O) groups is 1. The number of aliphatic hydroxyl groups is 1. The number of hydrogen-bond acceptors (Lipinski definition) is 3. The van der Waals surface area contributed by atoms with Gasteiger partial charge in [-0.1, -0.05) is 6.42 Å². The molecule has 106 valence electrons. The number of likely N-dealkylation sites (tertiary alicyclic amines) is 1. The van der Waals surface area contributed by atoms with Crippen LogP contribution in [0.2, 0.25) is 0 Å². The largest absolute Gasteiger partial charge is 0.395 e. The Bertz CT molecular complexity index is 378. The normalized spacial score (nSPS) is 20.4. The second-order valence-corrected chi connectivity index (χ2v) is 5.07. The first-order valence-electron chi connectivity index (χ1n) is 7.02. The summed E-state index contributed by atoms with van der Waals surface area (Å²) in [5, 5.41) is 12.2. The van der Waals surface area contributed by atoms with Gasteiger partial charge < -0.3 is 15.0 Å². The molecule has 5 heteroatoms. The third-order valence-corrected chi connectivity index (χ3v) is 3.67. The lowest BCUT2D eigenvalue weighted by Gasteiger charge is -2.34. The van der Waals surface area contributed by atoms with E-state index in [4.69, 9.17) is 0 Å². The summed E-state index contributed by atoms with van der Waals surface area (Å²) in [5.74, 6) is 0.0359. The van der Waals surface area contributed by atoms with E-state index >= 15 is 0 Å². The molecular weight excluding hydrogens is 242 g/mol. The van der Waals surface area contributed by atoms with Crippen molar-refractivity contribution in [1.82, 2.24) is 14.8 Å². The maximum atomic E-state index is 11.7. The Morgan fingerprint density at radius 2 is 2.11 bits per heavy atom. The third-order valence-electron chi connectivity index (χ3n) is 3.67. The summed E-state index contributed by atoms with van der Waals surface area (Å²) in [6.45, 7) is 3.09. The molecule has 0 aromatic carbocycles. The van der Waals surface area contributed by atoms with E-state index in [0.717, 1.165) is 19.5 Å². The van der Waals surface area contributed by atoms with E-state index in [-0.39, 0.29) is 18.6 Å². The van der Waals surface area contributed by atoms with Gasteiger partial charge in [-0.2, -0.15) is 0 Å². The molecule has 0 spiro atoms. The molecule has 1 amide bonds. The number of aromatic nitrogens is 1. The molecule has 1 atom stereocenters. The highest BCUT2D eigenvalue weighted by Gasteiger charge is 2.20. The van der Waals surface area contributed by atoms with Crippen LogP contribution in [-0.2, 0) is 11.3 Å². The molecule has 1 fully saturated rings. The number of hydrogen-bond donors (Lipinski definition) is 2. The number of aliphatic hydroxyl groups excluding tert-OH is 1. The van der Waals surface area contributed by atoms with Crippen molar-refractivity contribution in [1.29, 1.82) is 0 Å². The summed E-state index contributed by atoms with van der Waals surface area (Å²) in [6, 6.07) is 4.09. The number of nitrogens with zero attached hydrogens (tertiary/aromatic N) is 2. The van der Waals surface area contributed by atoms with E-state index in [1.54, 1.807) is 0 Å². The van der Waals surface area contributed by atoms with Crippen LogP contribution >= 0.6 is 0 Å². The molecule has 2 N–H and O–H groups in total. The summed E-state index contributed by atoms with van der Waals surface area (Å²) >= 11 is 0. The standard InChI is InChI=1S/C14H23N3O2/c18-12-13-5-1-2-9-17(13)10-6-15-14(19)11-16-7-3-4-8-16/h3-4,7-8,13,18H,1-2,5-6,9-12H2,(H,15,19)/t13-/m0/s1. The van der Waals surface area contributed by atoms with Crippen LogP contribution in [0, 0.1) is 0 Å². The Morgan fingerprint density at radius 1 is 1.32 bits per heavy atom. The minimum absolute atomic E-state index is 0.0359. The van der Waals surface area contributed by atoms with Crippen LogP contribution in [0.4, 0.5) is 0 Å². The fourth-order valence-electron chi connectivity index (χ4n) is 2.60. The topological polar surface area (TPSA) is 57.5 Å². The Hall–Kier alpha value is -1.33. The summed E-state index contributed by atoms with van der Waals surface area (Å²) in [7, 11) is 0. The van der Waals surface area contributed by atoms with Crippen LogP contribution in [0.1, 0.15) is 19.3 Å². The fraction of sp³-hybridized carbons (Fsp3) is 0.643. The number of carbonyl (C=O) groups excluding carboxylic acids is 1. The molecule has 1 aromatic heterocycles. The molecule has 0 aliphatic carbocycles. The summed E-state index contributed by atoms with van der Waals surface area (Å²) in [4.78, 5) is 14.0. The molecule has 0 saturated carbocycles. The zero-order valence-corrected chi connectivity index (χ0v) is 11.3. The fourth-order valence-corrected chi connectivity index (χ4v) is 2.60. The number of amides is 1. The van der Waals surface area contributed by atoms with Gasteiger partial charge in [-0.15, -0.1) is 0 Å². The van der Waals surface area contributed by atoms with E-state index < -0.39 is 0 Å². The van der Waals surface area contributed by atoms with Crippen LogP contribution in [0.3, 0.4) is 0 Å². The van der Waals surface area contributed by atoms with Gasteiger partial charge in [0.25, 0.3) is 0 Å². The highest BCUT2D eigenvalue weighted by molar-refractivity contribution is 5.75. The average Bonchev–Trinajstić information content (AvgIpc) is 2.92. The van der Waals surface area contributed by atoms with E-state index in [2.05, 4.69) is 10.2 Å². The average molecular weight is 265 g/mol. The van der Waals surface area contributed by atoms with Gasteiger partial charge >= 0.3 is 0 Å². The molecule has 1 aromatic rings. The predicted molar refractivity (Wildman–Crippen MR) is 73.7 cm³/mol. The third kappa shape index (κ3) is 4.36. The molecular formula is C14H23N3O2. The Kier molecular flexibility index (Phi) is 5.42.